The number of aromatic nitrogens is 3. The van der Waals surface area contributed by atoms with E-state index in [-0.39, 0.29) is 5.91 Å². The molecule has 0 spiro atoms. The number of hydrogen-bond acceptors (Lipinski definition) is 4. The normalized spacial score (nSPS) is 19.0. The van der Waals surface area contributed by atoms with Crippen LogP contribution in [0.25, 0.3) is 0 Å². The van der Waals surface area contributed by atoms with Crippen molar-refractivity contribution in [2.24, 2.45) is 0 Å². The van der Waals surface area contributed by atoms with Crippen molar-refractivity contribution in [2.75, 3.05) is 18.4 Å². The minimum Gasteiger partial charge on any atom is -0.325 e. The number of pyridine rings is 1. The van der Waals surface area contributed by atoms with Crippen LogP contribution in [0, 0.1) is 0 Å². The van der Waals surface area contributed by atoms with Gasteiger partial charge in [0.15, 0.2) is 0 Å². The minimum atomic E-state index is 0.0264. The van der Waals surface area contributed by atoms with E-state index in [2.05, 4.69) is 20.3 Å². The van der Waals surface area contributed by atoms with Crippen molar-refractivity contribution in [1.29, 1.82) is 0 Å². The predicted octanol–water partition coefficient (Wildman–Crippen LogP) is 1.77. The number of amides is 1. The van der Waals surface area contributed by atoms with Gasteiger partial charge in [0.2, 0.25) is 5.91 Å². The molecule has 2 aromatic rings. The molecule has 0 saturated carbocycles. The highest BCUT2D eigenvalue weighted by atomic mass is 16.2. The fourth-order valence-corrected chi connectivity index (χ4v) is 2.92. The Bertz CT molecular complexity index is 584. The summed E-state index contributed by atoms with van der Waals surface area (Å²) in [6.45, 7) is 2.24. The molecule has 1 unspecified atom stereocenters. The summed E-state index contributed by atoms with van der Waals surface area (Å²) in [5.41, 5.74) is 0.792. The van der Waals surface area contributed by atoms with Crippen LogP contribution in [0.2, 0.25) is 0 Å². The quantitative estimate of drug-likeness (QED) is 0.914. The molecular formula is C16H21N5O. The van der Waals surface area contributed by atoms with Crippen molar-refractivity contribution in [2.45, 2.75) is 31.8 Å². The Morgan fingerprint density at radius 3 is 2.91 bits per heavy atom. The lowest BCUT2D eigenvalue weighted by Crippen LogP contribution is -2.46. The van der Waals surface area contributed by atoms with Gasteiger partial charge in [-0.3, -0.25) is 19.4 Å². The van der Waals surface area contributed by atoms with Gasteiger partial charge in [-0.2, -0.15) is 5.10 Å². The van der Waals surface area contributed by atoms with E-state index < -0.39 is 0 Å². The van der Waals surface area contributed by atoms with Crippen LogP contribution in [0.5, 0.6) is 0 Å². The maximum atomic E-state index is 12.2. The zero-order valence-electron chi connectivity index (χ0n) is 12.6. The van der Waals surface area contributed by atoms with Gasteiger partial charge in [0.05, 0.1) is 13.1 Å². The summed E-state index contributed by atoms with van der Waals surface area (Å²) < 4.78 is 1.95. The largest absolute Gasteiger partial charge is 0.325 e. The maximum Gasteiger partial charge on any atom is 0.238 e. The number of rotatable bonds is 5. The maximum absolute atomic E-state index is 12.2. The van der Waals surface area contributed by atoms with Gasteiger partial charge >= 0.3 is 0 Å². The molecule has 1 amide bonds. The second-order valence-electron chi connectivity index (χ2n) is 5.63. The zero-order valence-corrected chi connectivity index (χ0v) is 12.6. The predicted molar refractivity (Wildman–Crippen MR) is 84.3 cm³/mol. The van der Waals surface area contributed by atoms with E-state index in [1.54, 1.807) is 30.7 Å². The van der Waals surface area contributed by atoms with Gasteiger partial charge in [-0.15, -0.1) is 0 Å². The molecule has 0 radical (unpaired) electrons. The highest BCUT2D eigenvalue weighted by Gasteiger charge is 2.24. The molecule has 6 heteroatoms. The summed E-state index contributed by atoms with van der Waals surface area (Å²) in [6, 6.07) is 5.91. The molecule has 1 atom stereocenters. The molecule has 1 N–H and O–H groups in total. The Morgan fingerprint density at radius 1 is 1.27 bits per heavy atom. The Balaban J connectivity index is 1.57. The Labute approximate surface area is 130 Å². The Kier molecular flexibility index (Phi) is 4.80. The van der Waals surface area contributed by atoms with Crippen LogP contribution in [-0.4, -0.2) is 44.7 Å². The summed E-state index contributed by atoms with van der Waals surface area (Å²) in [7, 11) is 0. The van der Waals surface area contributed by atoms with Crippen LogP contribution >= 0.6 is 0 Å². The van der Waals surface area contributed by atoms with E-state index in [4.69, 9.17) is 0 Å². The SMILES string of the molecule is O=C(CN1CCCCC1Cn1cccn1)Nc1ccncc1. The fourth-order valence-electron chi connectivity index (χ4n) is 2.92. The van der Waals surface area contributed by atoms with Crippen molar-refractivity contribution in [3.05, 3.63) is 43.0 Å². The van der Waals surface area contributed by atoms with Gasteiger partial charge in [0.1, 0.15) is 0 Å². The zero-order chi connectivity index (χ0) is 15.2. The molecule has 22 heavy (non-hydrogen) atoms. The number of carbonyl (C=O) groups excluding carboxylic acids is 1. The standard InChI is InChI=1S/C16H21N5O/c22-16(19-14-5-8-17-9-6-14)13-20-10-2-1-4-15(20)12-21-11-3-7-18-21/h3,5-9,11,15H,1-2,4,10,12-13H2,(H,17,19,22). The van der Waals surface area contributed by atoms with Gasteiger partial charge in [0, 0.05) is 36.5 Å². The van der Waals surface area contributed by atoms with E-state index in [1.165, 1.54) is 6.42 Å². The second kappa shape index (κ2) is 7.17. The van der Waals surface area contributed by atoms with E-state index >= 15 is 0 Å². The third-order valence-electron chi connectivity index (χ3n) is 4.02. The van der Waals surface area contributed by atoms with Crippen molar-refractivity contribution in [3.63, 3.8) is 0 Å². The molecule has 3 heterocycles. The lowest BCUT2D eigenvalue weighted by molar-refractivity contribution is -0.118. The number of nitrogens with zero attached hydrogens (tertiary/aromatic N) is 4. The van der Waals surface area contributed by atoms with Crippen LogP contribution in [-0.2, 0) is 11.3 Å². The lowest BCUT2D eigenvalue weighted by Gasteiger charge is -2.35. The van der Waals surface area contributed by atoms with Gasteiger partial charge < -0.3 is 5.32 Å². The van der Waals surface area contributed by atoms with Crippen LogP contribution in [0.3, 0.4) is 0 Å². The second-order valence-corrected chi connectivity index (χ2v) is 5.63. The molecule has 116 valence electrons. The van der Waals surface area contributed by atoms with Crippen molar-refractivity contribution >= 4 is 11.6 Å². The highest BCUT2D eigenvalue weighted by molar-refractivity contribution is 5.92. The van der Waals surface area contributed by atoms with Gasteiger partial charge in [-0.1, -0.05) is 6.42 Å². The molecule has 2 aromatic heterocycles. The molecule has 0 aliphatic carbocycles. The number of anilines is 1. The van der Waals surface area contributed by atoms with Crippen LogP contribution in [0.4, 0.5) is 5.69 Å². The molecule has 1 aliphatic rings. The number of nitrogens with one attached hydrogen (secondary N) is 1. The van der Waals surface area contributed by atoms with Crippen LogP contribution in [0.15, 0.2) is 43.0 Å². The highest BCUT2D eigenvalue weighted by Crippen LogP contribution is 2.18. The summed E-state index contributed by atoms with van der Waals surface area (Å²) in [6.07, 6.45) is 10.6. The molecule has 6 nitrogen and oxygen atoms in total. The summed E-state index contributed by atoms with van der Waals surface area (Å²) in [4.78, 5) is 18.4. The third kappa shape index (κ3) is 3.92. The van der Waals surface area contributed by atoms with E-state index in [0.717, 1.165) is 31.6 Å². The average Bonchev–Trinajstić information content (AvgIpc) is 3.03. The number of carbonyl (C=O) groups is 1. The van der Waals surface area contributed by atoms with E-state index in [0.29, 0.717) is 12.6 Å². The molecule has 1 saturated heterocycles. The summed E-state index contributed by atoms with van der Waals surface area (Å²) >= 11 is 0. The molecule has 1 fully saturated rings. The van der Waals surface area contributed by atoms with Crippen molar-refractivity contribution in [3.8, 4) is 0 Å². The van der Waals surface area contributed by atoms with Crippen molar-refractivity contribution < 1.29 is 4.79 Å². The lowest BCUT2D eigenvalue weighted by atomic mass is 10.0. The first kappa shape index (κ1) is 14.7. The fraction of sp³-hybridized carbons (Fsp3) is 0.438. The first-order valence-electron chi connectivity index (χ1n) is 7.72. The Morgan fingerprint density at radius 2 is 2.14 bits per heavy atom. The van der Waals surface area contributed by atoms with Crippen LogP contribution in [0.1, 0.15) is 19.3 Å². The van der Waals surface area contributed by atoms with Gasteiger partial charge in [0.25, 0.3) is 0 Å². The van der Waals surface area contributed by atoms with Crippen molar-refractivity contribution in [1.82, 2.24) is 19.7 Å². The molecule has 1 aliphatic heterocycles. The molecule has 0 aromatic carbocycles. The number of piperidine rings is 1. The monoisotopic (exact) mass is 299 g/mol. The van der Waals surface area contributed by atoms with Gasteiger partial charge in [-0.25, -0.2) is 0 Å². The molecular weight excluding hydrogens is 278 g/mol. The third-order valence-corrected chi connectivity index (χ3v) is 4.02. The average molecular weight is 299 g/mol. The van der Waals surface area contributed by atoms with E-state index in [9.17, 15) is 4.79 Å². The van der Waals surface area contributed by atoms with E-state index in [1.807, 2.05) is 16.9 Å². The molecule has 3 rings (SSSR count). The van der Waals surface area contributed by atoms with Crippen LogP contribution < -0.4 is 5.32 Å². The Hall–Kier alpha value is -2.21. The topological polar surface area (TPSA) is 63.1 Å². The minimum absolute atomic E-state index is 0.0264. The number of hydrogen-bond donors (Lipinski definition) is 1. The first-order chi connectivity index (χ1) is 10.8. The van der Waals surface area contributed by atoms with Gasteiger partial charge in [-0.05, 0) is 37.6 Å². The number of likely N-dealkylation sites (tertiary alicyclic amines) is 1. The summed E-state index contributed by atoms with van der Waals surface area (Å²) in [5.74, 6) is 0.0264. The molecule has 0 bridgehead atoms. The summed E-state index contributed by atoms with van der Waals surface area (Å²) in [5, 5.41) is 7.20. The first-order valence-corrected chi connectivity index (χ1v) is 7.72. The smallest absolute Gasteiger partial charge is 0.238 e.